The number of nitrogens with zero attached hydrogens (tertiary/aromatic N) is 3. The number of ether oxygens (including phenoxy) is 2. The first-order valence-electron chi connectivity index (χ1n) is 9.32. The summed E-state index contributed by atoms with van der Waals surface area (Å²) in [6, 6.07) is 8.04. The molecule has 0 unspecified atom stereocenters. The summed E-state index contributed by atoms with van der Waals surface area (Å²) in [7, 11) is 3.42. The zero-order valence-electron chi connectivity index (χ0n) is 17.0. The lowest BCUT2D eigenvalue weighted by molar-refractivity contribution is 0.310. The number of aliphatic imine (C=N–C) groups is 1. The van der Waals surface area contributed by atoms with Crippen LogP contribution in [0.5, 0.6) is 11.5 Å². The Morgan fingerprint density at radius 3 is 2.63 bits per heavy atom. The Morgan fingerprint density at radius 2 is 2.00 bits per heavy atom. The van der Waals surface area contributed by atoms with Gasteiger partial charge < -0.3 is 20.1 Å². The predicted octanol–water partition coefficient (Wildman–Crippen LogP) is 2.66. The molecule has 1 heterocycles. The largest absolute Gasteiger partial charge is 0.493 e. The van der Waals surface area contributed by atoms with Crippen LogP contribution in [0.15, 0.2) is 29.3 Å². The van der Waals surface area contributed by atoms with Crippen molar-refractivity contribution < 1.29 is 9.47 Å². The molecule has 2 aromatic rings. The fourth-order valence-electron chi connectivity index (χ4n) is 2.84. The van der Waals surface area contributed by atoms with E-state index in [2.05, 4.69) is 33.7 Å². The third-order valence-electron chi connectivity index (χ3n) is 4.15. The van der Waals surface area contributed by atoms with Gasteiger partial charge in [-0.3, -0.25) is 9.67 Å². The highest BCUT2D eigenvalue weighted by Gasteiger charge is 2.06. The van der Waals surface area contributed by atoms with Crippen molar-refractivity contribution in [3.63, 3.8) is 0 Å². The van der Waals surface area contributed by atoms with Crippen LogP contribution in [-0.4, -0.2) is 43.0 Å². The Morgan fingerprint density at radius 1 is 1.19 bits per heavy atom. The minimum atomic E-state index is 0.613. The molecule has 0 atom stereocenters. The maximum Gasteiger partial charge on any atom is 0.191 e. The van der Waals surface area contributed by atoms with E-state index in [1.54, 1.807) is 14.2 Å². The lowest BCUT2D eigenvalue weighted by atomic mass is 10.2. The van der Waals surface area contributed by atoms with Crippen molar-refractivity contribution in [1.29, 1.82) is 0 Å². The summed E-state index contributed by atoms with van der Waals surface area (Å²) < 4.78 is 13.0. The number of aryl methyl sites for hydroxylation is 3. The molecule has 2 N–H and O–H groups in total. The number of rotatable bonds is 9. The van der Waals surface area contributed by atoms with Crippen molar-refractivity contribution in [2.75, 3.05) is 27.3 Å². The van der Waals surface area contributed by atoms with Gasteiger partial charge in [-0.15, -0.1) is 0 Å². The van der Waals surface area contributed by atoms with Crippen LogP contribution in [0, 0.1) is 13.8 Å². The van der Waals surface area contributed by atoms with Gasteiger partial charge in [0, 0.05) is 32.4 Å². The van der Waals surface area contributed by atoms with Crippen LogP contribution in [0.25, 0.3) is 0 Å². The summed E-state index contributed by atoms with van der Waals surface area (Å²) >= 11 is 0. The van der Waals surface area contributed by atoms with E-state index in [0.717, 1.165) is 48.2 Å². The summed E-state index contributed by atoms with van der Waals surface area (Å²) in [6.45, 7) is 9.04. The van der Waals surface area contributed by atoms with Gasteiger partial charge in [-0.1, -0.05) is 6.07 Å². The highest BCUT2D eigenvalue weighted by Crippen LogP contribution is 2.27. The lowest BCUT2D eigenvalue weighted by Crippen LogP contribution is -2.37. The van der Waals surface area contributed by atoms with Gasteiger partial charge in [0.05, 0.1) is 19.4 Å². The Bertz CT molecular complexity index is 755. The fourth-order valence-corrected chi connectivity index (χ4v) is 2.84. The molecular weight excluding hydrogens is 342 g/mol. The summed E-state index contributed by atoms with van der Waals surface area (Å²) in [5.41, 5.74) is 3.35. The summed E-state index contributed by atoms with van der Waals surface area (Å²) in [5.74, 6) is 2.27. The Hall–Kier alpha value is -2.70. The second kappa shape index (κ2) is 10.4. The molecular formula is C20H31N5O2. The third kappa shape index (κ3) is 6.20. The minimum absolute atomic E-state index is 0.613. The molecule has 0 spiro atoms. The number of benzene rings is 1. The summed E-state index contributed by atoms with van der Waals surface area (Å²) in [5, 5.41) is 11.1. The van der Waals surface area contributed by atoms with Gasteiger partial charge in [-0.05, 0) is 51.0 Å². The smallest absolute Gasteiger partial charge is 0.191 e. The first kappa shape index (κ1) is 20.6. The molecule has 0 aliphatic rings. The molecule has 0 bridgehead atoms. The van der Waals surface area contributed by atoms with Crippen LogP contribution in [0.2, 0.25) is 0 Å². The van der Waals surface area contributed by atoms with Gasteiger partial charge in [0.15, 0.2) is 17.5 Å². The van der Waals surface area contributed by atoms with E-state index in [0.29, 0.717) is 13.2 Å². The van der Waals surface area contributed by atoms with Crippen LogP contribution in [-0.2, 0) is 13.1 Å². The second-order valence-corrected chi connectivity index (χ2v) is 6.27. The minimum Gasteiger partial charge on any atom is -0.493 e. The van der Waals surface area contributed by atoms with Crippen molar-refractivity contribution in [2.24, 2.45) is 4.99 Å². The van der Waals surface area contributed by atoms with Gasteiger partial charge in [0.2, 0.25) is 0 Å². The molecule has 1 aromatic heterocycles. The monoisotopic (exact) mass is 373 g/mol. The molecule has 27 heavy (non-hydrogen) atoms. The fraction of sp³-hybridized carbons (Fsp3) is 0.500. The van der Waals surface area contributed by atoms with E-state index in [1.165, 1.54) is 5.69 Å². The van der Waals surface area contributed by atoms with Crippen LogP contribution >= 0.6 is 0 Å². The zero-order valence-corrected chi connectivity index (χ0v) is 17.0. The van der Waals surface area contributed by atoms with Gasteiger partial charge in [-0.2, -0.15) is 5.10 Å². The normalized spacial score (nSPS) is 11.4. The number of hydrogen-bond donors (Lipinski definition) is 2. The highest BCUT2D eigenvalue weighted by molar-refractivity contribution is 5.79. The number of methoxy groups -OCH3 is 1. The van der Waals surface area contributed by atoms with Gasteiger partial charge in [0.25, 0.3) is 0 Å². The standard InChI is InChI=1S/C20H31N5O2/c1-6-27-18-9-8-17(13-19(18)26-5)14-23-20(21-4)22-10-7-11-25-16(3)12-15(2)24-25/h8-9,12-13H,6-7,10-11,14H2,1-5H3,(H2,21,22,23). The summed E-state index contributed by atoms with van der Waals surface area (Å²) in [4.78, 5) is 4.27. The average molecular weight is 374 g/mol. The molecule has 0 radical (unpaired) electrons. The third-order valence-corrected chi connectivity index (χ3v) is 4.15. The van der Waals surface area contributed by atoms with Crippen LogP contribution in [0.3, 0.4) is 0 Å². The van der Waals surface area contributed by atoms with Gasteiger partial charge >= 0.3 is 0 Å². The molecule has 7 heteroatoms. The zero-order chi connectivity index (χ0) is 19.6. The summed E-state index contributed by atoms with van der Waals surface area (Å²) in [6.07, 6.45) is 0.972. The van der Waals surface area contributed by atoms with Crippen molar-refractivity contribution >= 4 is 5.96 Å². The van der Waals surface area contributed by atoms with Crippen molar-refractivity contribution in [2.45, 2.75) is 40.3 Å². The van der Waals surface area contributed by atoms with Gasteiger partial charge in [-0.25, -0.2) is 0 Å². The van der Waals surface area contributed by atoms with Crippen molar-refractivity contribution in [3.05, 3.63) is 41.2 Å². The maximum atomic E-state index is 5.55. The molecule has 0 aliphatic carbocycles. The van der Waals surface area contributed by atoms with Crippen molar-refractivity contribution in [1.82, 2.24) is 20.4 Å². The Labute approximate surface area is 161 Å². The second-order valence-electron chi connectivity index (χ2n) is 6.27. The van der Waals surface area contributed by atoms with E-state index in [-0.39, 0.29) is 0 Å². The molecule has 0 fully saturated rings. The van der Waals surface area contributed by atoms with E-state index >= 15 is 0 Å². The maximum absolute atomic E-state index is 5.55. The predicted molar refractivity (Wildman–Crippen MR) is 109 cm³/mol. The van der Waals surface area contributed by atoms with Gasteiger partial charge in [0.1, 0.15) is 0 Å². The molecule has 2 rings (SSSR count). The van der Waals surface area contributed by atoms with Crippen LogP contribution < -0.4 is 20.1 Å². The quantitative estimate of drug-likeness (QED) is 0.402. The highest BCUT2D eigenvalue weighted by atomic mass is 16.5. The topological polar surface area (TPSA) is 72.7 Å². The SMILES string of the molecule is CCOc1ccc(CNC(=NC)NCCCn2nc(C)cc2C)cc1OC. The van der Waals surface area contributed by atoms with E-state index in [9.17, 15) is 0 Å². The first-order valence-corrected chi connectivity index (χ1v) is 9.32. The van der Waals surface area contributed by atoms with E-state index in [1.807, 2.05) is 36.7 Å². The van der Waals surface area contributed by atoms with Crippen LogP contribution in [0.4, 0.5) is 0 Å². The number of nitrogens with one attached hydrogen (secondary N) is 2. The molecule has 7 nitrogen and oxygen atoms in total. The molecule has 0 amide bonds. The lowest BCUT2D eigenvalue weighted by Gasteiger charge is -2.14. The molecule has 1 aromatic carbocycles. The molecule has 0 saturated heterocycles. The van der Waals surface area contributed by atoms with Crippen LogP contribution in [0.1, 0.15) is 30.3 Å². The average Bonchev–Trinajstić information content (AvgIpc) is 2.99. The van der Waals surface area contributed by atoms with E-state index < -0.39 is 0 Å². The number of aromatic nitrogens is 2. The van der Waals surface area contributed by atoms with Crippen molar-refractivity contribution in [3.8, 4) is 11.5 Å². The Balaban J connectivity index is 1.79. The molecule has 148 valence electrons. The Kier molecular flexibility index (Phi) is 7.98. The number of hydrogen-bond acceptors (Lipinski definition) is 4. The first-order chi connectivity index (χ1) is 13.1. The molecule has 0 aliphatic heterocycles. The number of guanidine groups is 1. The molecule has 0 saturated carbocycles. The van der Waals surface area contributed by atoms with E-state index in [4.69, 9.17) is 9.47 Å².